The zero-order valence-electron chi connectivity index (χ0n) is 5.52. The molecule has 0 aliphatic carbocycles. The molecule has 66 valence electrons. The number of hydrogen-bond acceptors (Lipinski definition) is 1. The van der Waals surface area contributed by atoms with Gasteiger partial charge in [0, 0.05) is 6.10 Å². The summed E-state index contributed by atoms with van der Waals surface area (Å²) in [7, 11) is 0. The largest absolute Gasteiger partial charge is 0.412 e. The van der Waals surface area contributed by atoms with E-state index < -0.39 is 0 Å². The molecule has 0 aromatic carbocycles. The van der Waals surface area contributed by atoms with Crippen LogP contribution in [-0.4, -0.2) is 38.6 Å². The lowest BCUT2D eigenvalue weighted by molar-refractivity contribution is 0.216. The second kappa shape index (κ2) is 46.6. The lowest BCUT2D eigenvalue weighted by Gasteiger charge is -1.80. The Balaban J connectivity index is -0.00000000450. The minimum absolute atomic E-state index is 0. The average Bonchev–Trinajstić information content (AvgIpc) is 0.811. The van der Waals surface area contributed by atoms with Gasteiger partial charge in [0.1, 0.15) is 0 Å². The normalized spacial score (nSPS) is 4.00. The molecule has 0 bridgehead atoms. The van der Waals surface area contributed by atoms with Gasteiger partial charge in [0.25, 0.3) is 0 Å². The molecule has 0 fully saturated rings. The summed E-state index contributed by atoms with van der Waals surface area (Å²) in [5.41, 5.74) is 0. The first-order chi connectivity index (χ1) is 1.73. The van der Waals surface area contributed by atoms with E-state index in [1.165, 1.54) is 0 Å². The van der Waals surface area contributed by atoms with Crippen LogP contribution < -0.4 is 0 Å². The van der Waals surface area contributed by atoms with Gasteiger partial charge in [-0.25, -0.2) is 0 Å². The molecule has 0 radical (unpaired) electrons. The summed E-state index contributed by atoms with van der Waals surface area (Å²) < 4.78 is 0. The van der Waals surface area contributed by atoms with Gasteiger partial charge in [0.05, 0.1) is 0 Å². The van der Waals surface area contributed by atoms with Gasteiger partial charge < -0.3 is 32.5 Å². The lowest BCUT2D eigenvalue weighted by atomic mass is 10.5. The smallest absolute Gasteiger partial charge is 0.0483 e. The Labute approximate surface area is 53.7 Å². The van der Waals surface area contributed by atoms with Crippen molar-refractivity contribution in [1.82, 2.24) is 0 Å². The maximum Gasteiger partial charge on any atom is 0.0483 e. The van der Waals surface area contributed by atoms with Gasteiger partial charge in [-0.05, 0) is 13.8 Å². The Morgan fingerprint density at radius 1 is 0.778 bits per heavy atom. The average molecular weight is 150 g/mol. The molecule has 0 saturated carbocycles. The fourth-order valence-electron chi connectivity index (χ4n) is 0. The zero-order chi connectivity index (χ0) is 3.58. The minimum atomic E-state index is -0.167. The van der Waals surface area contributed by atoms with Crippen molar-refractivity contribution >= 4 is 0 Å². The quantitative estimate of drug-likeness (QED) is 0.366. The van der Waals surface area contributed by atoms with Crippen LogP contribution in [-0.2, 0) is 0 Å². The maximum atomic E-state index is 8.06. The maximum absolute atomic E-state index is 8.06. The van der Waals surface area contributed by atoms with Crippen molar-refractivity contribution in [3.8, 4) is 0 Å². The van der Waals surface area contributed by atoms with Gasteiger partial charge in [-0.1, -0.05) is 0 Å². The number of aliphatic hydroxyl groups excluding tert-OH is 1. The third-order valence-electron chi connectivity index (χ3n) is 0. The van der Waals surface area contributed by atoms with E-state index in [0.717, 1.165) is 0 Å². The van der Waals surface area contributed by atoms with Crippen molar-refractivity contribution in [2.24, 2.45) is 0 Å². The molecule has 0 unspecified atom stereocenters. The number of rotatable bonds is 0. The van der Waals surface area contributed by atoms with Crippen molar-refractivity contribution in [2.45, 2.75) is 20.0 Å². The van der Waals surface area contributed by atoms with Gasteiger partial charge in [0.15, 0.2) is 0 Å². The van der Waals surface area contributed by atoms with Crippen LogP contribution in [0.4, 0.5) is 0 Å². The predicted molar refractivity (Wildman–Crippen MR) is 35.4 cm³/mol. The van der Waals surface area contributed by atoms with Gasteiger partial charge in [-0.2, -0.15) is 0 Å². The van der Waals surface area contributed by atoms with Crippen LogP contribution in [0.3, 0.4) is 0 Å². The van der Waals surface area contributed by atoms with Crippen LogP contribution in [0.2, 0.25) is 0 Å². The molecule has 6 heteroatoms. The fraction of sp³-hybridized carbons (Fsp3) is 1.00. The summed E-state index contributed by atoms with van der Waals surface area (Å²) in [4.78, 5) is 0. The highest BCUT2D eigenvalue weighted by Gasteiger charge is 1.69. The first-order valence-electron chi connectivity index (χ1n) is 1.41. The monoisotopic (exact) mass is 150 g/mol. The fourth-order valence-corrected chi connectivity index (χ4v) is 0. The van der Waals surface area contributed by atoms with Crippen molar-refractivity contribution in [3.63, 3.8) is 0 Å². The van der Waals surface area contributed by atoms with Gasteiger partial charge in [0.2, 0.25) is 0 Å². The highest BCUT2D eigenvalue weighted by molar-refractivity contribution is 4.20. The summed E-state index contributed by atoms with van der Waals surface area (Å²) in [5, 5.41) is 8.06. The van der Waals surface area contributed by atoms with E-state index in [0.29, 0.717) is 0 Å². The van der Waals surface area contributed by atoms with Crippen LogP contribution in [0, 0.1) is 0 Å². The van der Waals surface area contributed by atoms with E-state index in [4.69, 9.17) is 5.11 Å². The Morgan fingerprint density at radius 3 is 0.778 bits per heavy atom. The van der Waals surface area contributed by atoms with Crippen molar-refractivity contribution in [2.75, 3.05) is 0 Å². The van der Waals surface area contributed by atoms with Crippen molar-refractivity contribution < 1.29 is 32.5 Å². The summed E-state index contributed by atoms with van der Waals surface area (Å²) >= 11 is 0. The summed E-state index contributed by atoms with van der Waals surface area (Å²) in [5.74, 6) is 0. The van der Waals surface area contributed by atoms with E-state index in [9.17, 15) is 0 Å². The van der Waals surface area contributed by atoms with Crippen molar-refractivity contribution in [3.05, 3.63) is 0 Å². The first kappa shape index (κ1) is 69.2. The standard InChI is InChI=1S/C3H8O.5H2O/c1-3(2)4;;;;;/h3-4H,1-2H3;5*1H2. The van der Waals surface area contributed by atoms with Crippen LogP contribution in [0.1, 0.15) is 13.8 Å². The molecule has 0 rings (SSSR count). The third kappa shape index (κ3) is 4470. The third-order valence-corrected chi connectivity index (χ3v) is 0. The molecule has 0 aromatic heterocycles. The molecule has 0 aromatic rings. The minimum Gasteiger partial charge on any atom is -0.412 e. The highest BCUT2D eigenvalue weighted by atomic mass is 16.3. The molecular formula is C3H18O6. The van der Waals surface area contributed by atoms with E-state index in [2.05, 4.69) is 0 Å². The zero-order valence-corrected chi connectivity index (χ0v) is 5.52. The summed E-state index contributed by atoms with van der Waals surface area (Å²) in [6.45, 7) is 3.44. The molecular weight excluding hydrogens is 132 g/mol. The molecule has 0 aliphatic rings. The topological polar surface area (TPSA) is 178 Å². The van der Waals surface area contributed by atoms with Gasteiger partial charge in [-0.3, -0.25) is 0 Å². The second-order valence-electron chi connectivity index (χ2n) is 1.09. The van der Waals surface area contributed by atoms with E-state index in [-0.39, 0.29) is 33.5 Å². The predicted octanol–water partition coefficient (Wildman–Crippen LogP) is -3.74. The van der Waals surface area contributed by atoms with E-state index in [1.54, 1.807) is 13.8 Å². The number of hydrogen-bond donors (Lipinski definition) is 1. The highest BCUT2D eigenvalue weighted by Crippen LogP contribution is 1.65. The first-order valence-corrected chi connectivity index (χ1v) is 1.41. The van der Waals surface area contributed by atoms with Crippen LogP contribution in [0.5, 0.6) is 0 Å². The molecule has 0 atom stereocenters. The molecule has 9 heavy (non-hydrogen) atoms. The molecule has 0 heterocycles. The van der Waals surface area contributed by atoms with Gasteiger partial charge >= 0.3 is 0 Å². The Morgan fingerprint density at radius 2 is 0.778 bits per heavy atom. The Hall–Kier alpha value is -0.240. The summed E-state index contributed by atoms with van der Waals surface area (Å²) in [6, 6.07) is 0. The van der Waals surface area contributed by atoms with Crippen LogP contribution in [0.15, 0.2) is 0 Å². The Kier molecular flexibility index (Phi) is 358. The SMILES string of the molecule is CC(C)O.O.O.O.O.O. The molecule has 0 amide bonds. The van der Waals surface area contributed by atoms with Gasteiger partial charge in [-0.15, -0.1) is 0 Å². The lowest BCUT2D eigenvalue weighted by Crippen LogP contribution is -1.85. The summed E-state index contributed by atoms with van der Waals surface area (Å²) in [6.07, 6.45) is -0.167. The molecule has 6 nitrogen and oxygen atoms in total. The molecule has 11 N–H and O–H groups in total. The van der Waals surface area contributed by atoms with Crippen LogP contribution >= 0.6 is 0 Å². The molecule has 0 aliphatic heterocycles. The molecule has 0 saturated heterocycles. The molecule has 0 spiro atoms. The number of aliphatic hydroxyl groups is 1. The Bertz CT molecular complexity index is 13.0. The van der Waals surface area contributed by atoms with Crippen LogP contribution in [0.25, 0.3) is 0 Å². The van der Waals surface area contributed by atoms with E-state index in [1.807, 2.05) is 0 Å². The van der Waals surface area contributed by atoms with E-state index >= 15 is 0 Å². The van der Waals surface area contributed by atoms with Crippen molar-refractivity contribution in [1.29, 1.82) is 0 Å². The second-order valence-corrected chi connectivity index (χ2v) is 1.09.